The first-order chi connectivity index (χ1) is 9.13. The molecule has 0 amide bonds. The molecule has 0 aromatic heterocycles. The molecule has 100 valence electrons. The molecule has 0 bridgehead atoms. The Labute approximate surface area is 111 Å². The molecule has 0 heterocycles. The lowest BCUT2D eigenvalue weighted by Gasteiger charge is -2.14. The molecule has 2 aromatic rings. The van der Waals surface area contributed by atoms with Gasteiger partial charge in [0.25, 0.3) is 0 Å². The van der Waals surface area contributed by atoms with Crippen LogP contribution >= 0.6 is 0 Å². The van der Waals surface area contributed by atoms with Gasteiger partial charge >= 0.3 is 0 Å². The lowest BCUT2D eigenvalue weighted by Crippen LogP contribution is -2.06. The smallest absolute Gasteiger partial charge is 0.132 e. The van der Waals surface area contributed by atoms with E-state index < -0.39 is 17.7 Å². The van der Waals surface area contributed by atoms with Crippen molar-refractivity contribution in [2.75, 3.05) is 0 Å². The van der Waals surface area contributed by atoms with Crippen LogP contribution in [0.15, 0.2) is 42.5 Å². The van der Waals surface area contributed by atoms with Gasteiger partial charge in [-0.05, 0) is 29.7 Å². The fourth-order valence-electron chi connectivity index (χ4n) is 2.15. The quantitative estimate of drug-likeness (QED) is 0.883. The molecular weight excluding hydrogens is 246 g/mol. The minimum Gasteiger partial charge on any atom is -0.383 e. The second kappa shape index (κ2) is 5.93. The zero-order valence-electron chi connectivity index (χ0n) is 10.7. The van der Waals surface area contributed by atoms with Gasteiger partial charge in [-0.2, -0.15) is 0 Å². The third-order valence-corrected chi connectivity index (χ3v) is 3.08. The number of benzene rings is 2. The lowest BCUT2D eigenvalue weighted by molar-refractivity contribution is 0.209. The second-order valence-electron chi connectivity index (χ2n) is 4.53. The van der Waals surface area contributed by atoms with Crippen molar-refractivity contribution in [3.05, 3.63) is 70.8 Å². The van der Waals surface area contributed by atoms with E-state index in [0.717, 1.165) is 30.5 Å². The van der Waals surface area contributed by atoms with Crippen LogP contribution in [0.5, 0.6) is 0 Å². The zero-order valence-corrected chi connectivity index (χ0v) is 10.7. The van der Waals surface area contributed by atoms with E-state index >= 15 is 0 Å². The molecule has 1 atom stereocenters. The van der Waals surface area contributed by atoms with Crippen molar-refractivity contribution in [2.24, 2.45) is 0 Å². The van der Waals surface area contributed by atoms with E-state index in [1.807, 2.05) is 6.07 Å². The average Bonchev–Trinajstić information content (AvgIpc) is 2.39. The van der Waals surface area contributed by atoms with Crippen LogP contribution in [0, 0.1) is 11.6 Å². The van der Waals surface area contributed by atoms with Crippen molar-refractivity contribution in [1.29, 1.82) is 0 Å². The number of aliphatic hydroxyl groups excluding tert-OH is 1. The molecule has 0 radical (unpaired) electrons. The van der Waals surface area contributed by atoms with Gasteiger partial charge in [0.05, 0.1) is 5.56 Å². The summed E-state index contributed by atoms with van der Waals surface area (Å²) in [7, 11) is 0. The van der Waals surface area contributed by atoms with E-state index in [1.54, 1.807) is 18.2 Å². The molecule has 3 heteroatoms. The van der Waals surface area contributed by atoms with Gasteiger partial charge in [-0.3, -0.25) is 0 Å². The fourth-order valence-corrected chi connectivity index (χ4v) is 2.15. The Balaban J connectivity index is 2.38. The Morgan fingerprint density at radius 2 is 1.68 bits per heavy atom. The van der Waals surface area contributed by atoms with E-state index in [9.17, 15) is 13.9 Å². The number of aliphatic hydroxyl groups is 1. The first kappa shape index (κ1) is 13.7. The van der Waals surface area contributed by atoms with Crippen molar-refractivity contribution in [1.82, 2.24) is 0 Å². The molecule has 0 saturated carbocycles. The summed E-state index contributed by atoms with van der Waals surface area (Å²) in [5.74, 6) is -1.46. The van der Waals surface area contributed by atoms with Crippen LogP contribution in [0.2, 0.25) is 0 Å². The molecule has 2 rings (SSSR count). The Bertz CT molecular complexity index is 546. The molecule has 0 aliphatic rings. The average molecular weight is 262 g/mol. The van der Waals surface area contributed by atoms with Crippen molar-refractivity contribution in [3.63, 3.8) is 0 Å². The number of hydrogen-bond acceptors (Lipinski definition) is 1. The maximum absolute atomic E-state index is 13.6. The highest BCUT2D eigenvalue weighted by molar-refractivity contribution is 5.34. The Morgan fingerprint density at radius 3 is 2.32 bits per heavy atom. The van der Waals surface area contributed by atoms with Gasteiger partial charge in [-0.15, -0.1) is 0 Å². The summed E-state index contributed by atoms with van der Waals surface area (Å²) >= 11 is 0. The van der Waals surface area contributed by atoms with E-state index in [2.05, 4.69) is 6.92 Å². The van der Waals surface area contributed by atoms with E-state index in [4.69, 9.17) is 0 Å². The Kier molecular flexibility index (Phi) is 4.27. The normalized spacial score (nSPS) is 12.4. The molecule has 0 aliphatic heterocycles. The topological polar surface area (TPSA) is 20.2 Å². The predicted molar refractivity (Wildman–Crippen MR) is 70.9 cm³/mol. The van der Waals surface area contributed by atoms with Gasteiger partial charge < -0.3 is 5.11 Å². The molecular formula is C16H16F2O. The fraction of sp³-hybridized carbons (Fsp3) is 0.250. The minimum absolute atomic E-state index is 0.295. The molecule has 0 spiro atoms. The van der Waals surface area contributed by atoms with Crippen molar-refractivity contribution in [2.45, 2.75) is 25.9 Å². The first-order valence-electron chi connectivity index (χ1n) is 6.34. The molecule has 2 aromatic carbocycles. The summed E-state index contributed by atoms with van der Waals surface area (Å²) in [6, 6.07) is 10.8. The highest BCUT2D eigenvalue weighted by atomic mass is 19.1. The lowest BCUT2D eigenvalue weighted by atomic mass is 9.97. The van der Waals surface area contributed by atoms with Crippen LogP contribution < -0.4 is 0 Å². The first-order valence-corrected chi connectivity index (χ1v) is 6.34. The summed E-state index contributed by atoms with van der Waals surface area (Å²) in [5.41, 5.74) is 1.27. The summed E-state index contributed by atoms with van der Waals surface area (Å²) in [6.45, 7) is 2.06. The van der Waals surface area contributed by atoms with Crippen LogP contribution in [0.1, 0.15) is 36.1 Å². The standard InChI is InChI=1S/C16H16F2O/c1-2-5-11-6-3-7-12(10-11)16(19)15-13(17)8-4-9-14(15)18/h3-4,6-10,16,19H,2,5H2,1H3. The summed E-state index contributed by atoms with van der Waals surface area (Å²) in [5, 5.41) is 10.2. The Hall–Kier alpha value is -1.74. The minimum atomic E-state index is -1.28. The van der Waals surface area contributed by atoms with Crippen LogP contribution in [0.4, 0.5) is 8.78 Å². The van der Waals surface area contributed by atoms with Crippen molar-refractivity contribution in [3.8, 4) is 0 Å². The molecule has 1 unspecified atom stereocenters. The molecule has 19 heavy (non-hydrogen) atoms. The molecule has 1 nitrogen and oxygen atoms in total. The van der Waals surface area contributed by atoms with Gasteiger partial charge in [0.1, 0.15) is 17.7 Å². The number of aryl methyl sites for hydroxylation is 1. The molecule has 1 N–H and O–H groups in total. The summed E-state index contributed by atoms with van der Waals surface area (Å²) in [4.78, 5) is 0. The van der Waals surface area contributed by atoms with Gasteiger partial charge in [-0.1, -0.05) is 43.7 Å². The van der Waals surface area contributed by atoms with Crippen LogP contribution in [-0.2, 0) is 6.42 Å². The molecule has 0 fully saturated rings. The van der Waals surface area contributed by atoms with Crippen LogP contribution in [-0.4, -0.2) is 5.11 Å². The molecule has 0 saturated heterocycles. The van der Waals surface area contributed by atoms with E-state index in [-0.39, 0.29) is 5.56 Å². The zero-order chi connectivity index (χ0) is 13.8. The number of hydrogen-bond donors (Lipinski definition) is 1. The molecule has 0 aliphatic carbocycles. The monoisotopic (exact) mass is 262 g/mol. The van der Waals surface area contributed by atoms with Crippen LogP contribution in [0.25, 0.3) is 0 Å². The Morgan fingerprint density at radius 1 is 1.05 bits per heavy atom. The maximum Gasteiger partial charge on any atom is 0.132 e. The highest BCUT2D eigenvalue weighted by Crippen LogP contribution is 2.27. The van der Waals surface area contributed by atoms with Gasteiger partial charge in [0, 0.05) is 0 Å². The summed E-state index contributed by atoms with van der Waals surface area (Å²) < 4.78 is 27.3. The summed E-state index contributed by atoms with van der Waals surface area (Å²) in [6.07, 6.45) is 0.575. The second-order valence-corrected chi connectivity index (χ2v) is 4.53. The van der Waals surface area contributed by atoms with E-state index in [1.165, 1.54) is 6.07 Å². The van der Waals surface area contributed by atoms with Crippen LogP contribution in [0.3, 0.4) is 0 Å². The predicted octanol–water partition coefficient (Wildman–Crippen LogP) is 4.00. The van der Waals surface area contributed by atoms with Crippen molar-refractivity contribution >= 4 is 0 Å². The number of halogens is 2. The van der Waals surface area contributed by atoms with Gasteiger partial charge in [-0.25, -0.2) is 8.78 Å². The van der Waals surface area contributed by atoms with Crippen molar-refractivity contribution < 1.29 is 13.9 Å². The maximum atomic E-state index is 13.6. The van der Waals surface area contributed by atoms with E-state index in [0.29, 0.717) is 5.56 Å². The van der Waals surface area contributed by atoms with Gasteiger partial charge in [0.2, 0.25) is 0 Å². The SMILES string of the molecule is CCCc1cccc(C(O)c2c(F)cccc2F)c1. The number of rotatable bonds is 4. The third-order valence-electron chi connectivity index (χ3n) is 3.08. The highest BCUT2D eigenvalue weighted by Gasteiger charge is 2.19. The van der Waals surface area contributed by atoms with Gasteiger partial charge in [0.15, 0.2) is 0 Å². The largest absolute Gasteiger partial charge is 0.383 e. The third kappa shape index (κ3) is 2.99.